The first-order chi connectivity index (χ1) is 12.2. The second kappa shape index (κ2) is 7.22. The van der Waals surface area contributed by atoms with E-state index in [1.54, 1.807) is 7.11 Å². The largest absolute Gasteiger partial charge is 0.543 e. The zero-order chi connectivity index (χ0) is 20.8. The Balaban J connectivity index is 2.72. The summed E-state index contributed by atoms with van der Waals surface area (Å²) in [4.78, 5) is 13.2. The van der Waals surface area contributed by atoms with Crippen LogP contribution < -0.4 is 9.16 Å². The molecule has 1 aliphatic rings. The van der Waals surface area contributed by atoms with E-state index in [0.29, 0.717) is 12.2 Å². The number of carbonyl (C=O) groups is 1. The molecule has 1 aliphatic carbocycles. The minimum atomic E-state index is -2.07. The smallest absolute Gasteiger partial charge is 0.250 e. The maximum atomic E-state index is 13.2. The zero-order valence-electron chi connectivity index (χ0n) is 18.4. The van der Waals surface area contributed by atoms with Crippen LogP contribution in [0.4, 0.5) is 0 Å². The summed E-state index contributed by atoms with van der Waals surface area (Å²) >= 11 is 3.61. The highest BCUT2D eigenvalue weighted by Crippen LogP contribution is 2.54. The number of methoxy groups -OCH3 is 1. The lowest BCUT2D eigenvalue weighted by Gasteiger charge is -2.48. The summed E-state index contributed by atoms with van der Waals surface area (Å²) in [5.41, 5.74) is 0.214. The van der Waals surface area contributed by atoms with Crippen molar-refractivity contribution in [1.82, 2.24) is 0 Å². The van der Waals surface area contributed by atoms with Crippen LogP contribution >= 0.6 is 15.9 Å². The first-order valence-electron chi connectivity index (χ1n) is 9.78. The fourth-order valence-corrected chi connectivity index (χ4v) is 5.19. The van der Waals surface area contributed by atoms with Crippen molar-refractivity contribution in [3.05, 3.63) is 22.2 Å². The zero-order valence-corrected chi connectivity index (χ0v) is 21.0. The minimum Gasteiger partial charge on any atom is -0.543 e. The lowest BCUT2D eigenvalue weighted by molar-refractivity contribution is -0.131. The van der Waals surface area contributed by atoms with Gasteiger partial charge >= 0.3 is 0 Å². The summed E-state index contributed by atoms with van der Waals surface area (Å²) in [5.74, 6) is 1.85. The molecule has 152 valence electrons. The van der Waals surface area contributed by atoms with E-state index in [1.165, 1.54) is 0 Å². The molecule has 5 heteroatoms. The molecule has 0 saturated heterocycles. The highest BCUT2D eigenvalue weighted by Gasteiger charge is 2.52. The second-order valence-corrected chi connectivity index (χ2v) is 15.7. The molecule has 1 aromatic rings. The van der Waals surface area contributed by atoms with Gasteiger partial charge in [0.05, 0.1) is 17.0 Å². The van der Waals surface area contributed by atoms with Crippen LogP contribution in [0.1, 0.15) is 66.4 Å². The predicted octanol–water partition coefficient (Wildman–Crippen LogP) is 6.88. The van der Waals surface area contributed by atoms with Gasteiger partial charge in [0, 0.05) is 12.0 Å². The van der Waals surface area contributed by atoms with Gasteiger partial charge in [-0.15, -0.1) is 0 Å². The van der Waals surface area contributed by atoms with Gasteiger partial charge in [-0.2, -0.15) is 0 Å². The molecule has 0 bridgehead atoms. The molecular formula is C22H35BrO3Si. The van der Waals surface area contributed by atoms with Crippen LogP contribution in [-0.4, -0.2) is 21.2 Å². The Hall–Kier alpha value is -0.813. The molecule has 3 nitrogen and oxygen atoms in total. The topological polar surface area (TPSA) is 35.5 Å². The van der Waals surface area contributed by atoms with Gasteiger partial charge in [-0.1, -0.05) is 34.6 Å². The van der Waals surface area contributed by atoms with Gasteiger partial charge in [-0.25, -0.2) is 0 Å². The van der Waals surface area contributed by atoms with Gasteiger partial charge in [-0.3, -0.25) is 4.79 Å². The molecule has 1 atom stereocenters. The molecule has 0 aromatic heterocycles. The standard InChI is InChI=1S/C22H35BrO3Si/c1-20(2,3)27(8,9)26-17-14-16(23)18(25-7)13-15(17)22(6)19(24)11-10-12-21(22,4)5/h13-14H,10-12H2,1-9H3. The van der Waals surface area contributed by atoms with Crippen LogP contribution in [0.3, 0.4) is 0 Å². The molecule has 1 fully saturated rings. The number of benzene rings is 1. The van der Waals surface area contributed by atoms with Crippen LogP contribution in [0.2, 0.25) is 18.1 Å². The summed E-state index contributed by atoms with van der Waals surface area (Å²) in [6.07, 6.45) is 2.60. The van der Waals surface area contributed by atoms with Gasteiger partial charge in [0.2, 0.25) is 8.32 Å². The summed E-state index contributed by atoms with van der Waals surface area (Å²) in [6.45, 7) is 17.7. The maximum Gasteiger partial charge on any atom is 0.250 e. The van der Waals surface area contributed by atoms with Crippen LogP contribution in [0.15, 0.2) is 16.6 Å². The van der Waals surface area contributed by atoms with Crippen molar-refractivity contribution >= 4 is 30.0 Å². The SMILES string of the molecule is COc1cc(C2(C)C(=O)CCCC2(C)C)c(O[Si](C)(C)C(C)(C)C)cc1Br. The third-order valence-corrected chi connectivity index (χ3v) is 12.0. The van der Waals surface area contributed by atoms with Gasteiger partial charge < -0.3 is 9.16 Å². The highest BCUT2D eigenvalue weighted by molar-refractivity contribution is 9.10. The molecule has 0 radical (unpaired) electrons. The molecule has 0 spiro atoms. The molecule has 0 amide bonds. The Kier molecular flexibility index (Phi) is 6.01. The molecule has 0 N–H and O–H groups in total. The minimum absolute atomic E-state index is 0.0731. The Morgan fingerprint density at radius 1 is 1.11 bits per heavy atom. The van der Waals surface area contributed by atoms with Crippen LogP contribution in [-0.2, 0) is 10.2 Å². The molecule has 1 unspecified atom stereocenters. The average Bonchev–Trinajstić information content (AvgIpc) is 2.51. The molecule has 2 rings (SSSR count). The normalized spacial score (nSPS) is 23.3. The van der Waals surface area contributed by atoms with Gasteiger partial charge in [0.15, 0.2) is 0 Å². The number of hydrogen-bond acceptors (Lipinski definition) is 3. The van der Waals surface area contributed by atoms with E-state index in [2.05, 4.69) is 70.6 Å². The van der Waals surface area contributed by atoms with Crippen molar-refractivity contribution in [3.8, 4) is 11.5 Å². The molecule has 1 aromatic carbocycles. The Morgan fingerprint density at radius 2 is 1.70 bits per heavy atom. The van der Waals surface area contributed by atoms with E-state index < -0.39 is 13.7 Å². The van der Waals surface area contributed by atoms with E-state index in [1.807, 2.05) is 12.1 Å². The van der Waals surface area contributed by atoms with Crippen LogP contribution in [0.25, 0.3) is 0 Å². The van der Waals surface area contributed by atoms with Crippen molar-refractivity contribution in [2.75, 3.05) is 7.11 Å². The lowest BCUT2D eigenvalue weighted by Crippen LogP contribution is -2.50. The lowest BCUT2D eigenvalue weighted by atomic mass is 9.55. The second-order valence-electron chi connectivity index (χ2n) is 10.1. The Morgan fingerprint density at radius 3 is 2.19 bits per heavy atom. The van der Waals surface area contributed by atoms with E-state index in [0.717, 1.165) is 34.4 Å². The average molecular weight is 456 g/mol. The number of ketones is 1. The molecule has 0 heterocycles. The Labute approximate surface area is 174 Å². The first-order valence-corrected chi connectivity index (χ1v) is 13.5. The van der Waals surface area contributed by atoms with E-state index in [9.17, 15) is 4.79 Å². The highest BCUT2D eigenvalue weighted by atomic mass is 79.9. The molecule has 0 aliphatic heterocycles. The number of ether oxygens (including phenoxy) is 1. The van der Waals surface area contributed by atoms with Crippen LogP contribution in [0, 0.1) is 5.41 Å². The van der Waals surface area contributed by atoms with Gasteiger partial charge in [0.1, 0.15) is 17.3 Å². The monoisotopic (exact) mass is 454 g/mol. The van der Waals surface area contributed by atoms with E-state index >= 15 is 0 Å². The number of hydrogen-bond donors (Lipinski definition) is 0. The van der Waals surface area contributed by atoms with Crippen molar-refractivity contribution in [2.45, 2.75) is 84.4 Å². The fraction of sp³-hybridized carbons (Fsp3) is 0.682. The fourth-order valence-electron chi connectivity index (χ4n) is 3.68. The number of rotatable bonds is 4. The molecular weight excluding hydrogens is 420 g/mol. The first kappa shape index (κ1) is 22.5. The number of Topliss-reactive ketones (excluding diaryl/α,β-unsaturated/α-hetero) is 1. The number of halogens is 1. The Bertz CT molecular complexity index is 734. The molecule has 27 heavy (non-hydrogen) atoms. The van der Waals surface area contributed by atoms with Gasteiger partial charge in [0.25, 0.3) is 0 Å². The van der Waals surface area contributed by atoms with Crippen molar-refractivity contribution < 1.29 is 14.0 Å². The van der Waals surface area contributed by atoms with Crippen molar-refractivity contribution in [3.63, 3.8) is 0 Å². The summed E-state index contributed by atoms with van der Waals surface area (Å²) < 4.78 is 13.2. The summed E-state index contributed by atoms with van der Waals surface area (Å²) in [5, 5.41) is 0.0731. The van der Waals surface area contributed by atoms with E-state index in [4.69, 9.17) is 9.16 Å². The quantitative estimate of drug-likeness (QED) is 0.464. The van der Waals surface area contributed by atoms with Gasteiger partial charge in [-0.05, 0) is 71.4 Å². The van der Waals surface area contributed by atoms with Crippen LogP contribution in [0.5, 0.6) is 11.5 Å². The third-order valence-electron chi connectivity index (χ3n) is 7.08. The number of carbonyl (C=O) groups excluding carboxylic acids is 1. The van der Waals surface area contributed by atoms with Crippen molar-refractivity contribution in [1.29, 1.82) is 0 Å². The van der Waals surface area contributed by atoms with E-state index in [-0.39, 0.29) is 10.5 Å². The molecule has 1 saturated carbocycles. The predicted molar refractivity (Wildman–Crippen MR) is 119 cm³/mol. The maximum absolute atomic E-state index is 13.2. The van der Waals surface area contributed by atoms with Crippen molar-refractivity contribution in [2.24, 2.45) is 5.41 Å². The summed E-state index contributed by atoms with van der Waals surface area (Å²) in [7, 11) is -0.404. The third kappa shape index (κ3) is 3.87. The summed E-state index contributed by atoms with van der Waals surface area (Å²) in [6, 6.07) is 4.01.